The Morgan fingerprint density at radius 3 is 2.16 bits per heavy atom. The molecule has 0 aromatic carbocycles. The maximum absolute atomic E-state index is 11.5. The summed E-state index contributed by atoms with van der Waals surface area (Å²) in [6, 6.07) is 0. The van der Waals surface area contributed by atoms with Crippen LogP contribution < -0.4 is 0 Å². The molecule has 106 valence electrons. The third kappa shape index (κ3) is 4.08. The standard InChI is InChI=1S/C15H22O4/c1-19-15(18)9-13-6-11-3-2-10(4-11)5-12(7-13)8-14(16)17/h2-3,10-13H,4-9H2,1H3,(H,16,17). The second-order valence-electron chi connectivity index (χ2n) is 5.96. The molecule has 0 aliphatic heterocycles. The molecule has 0 radical (unpaired) electrons. The molecule has 0 spiro atoms. The minimum atomic E-state index is -0.735. The molecule has 0 aromatic heterocycles. The van der Waals surface area contributed by atoms with Crippen LogP contribution in [0.15, 0.2) is 12.2 Å². The highest BCUT2D eigenvalue weighted by molar-refractivity contribution is 5.69. The summed E-state index contributed by atoms with van der Waals surface area (Å²) in [5.74, 6) is 0.615. The van der Waals surface area contributed by atoms with Crippen molar-refractivity contribution in [3.63, 3.8) is 0 Å². The largest absolute Gasteiger partial charge is 0.481 e. The van der Waals surface area contributed by atoms with Crippen molar-refractivity contribution < 1.29 is 19.4 Å². The number of fused-ring (bicyclic) bond motifs is 2. The number of carboxylic acids is 1. The molecule has 2 aliphatic rings. The molecular formula is C15H22O4. The summed E-state index contributed by atoms with van der Waals surface area (Å²) in [6.07, 6.45) is 8.99. The smallest absolute Gasteiger partial charge is 0.305 e. The Bertz CT molecular complexity index is 374. The zero-order valence-electron chi connectivity index (χ0n) is 11.4. The summed E-state index contributed by atoms with van der Waals surface area (Å²) in [6.45, 7) is 0. The second kappa shape index (κ2) is 6.22. The minimum absolute atomic E-state index is 0.181. The van der Waals surface area contributed by atoms with Crippen LogP contribution in [-0.2, 0) is 14.3 Å². The monoisotopic (exact) mass is 266 g/mol. The highest BCUT2D eigenvalue weighted by atomic mass is 16.5. The lowest BCUT2D eigenvalue weighted by molar-refractivity contribution is -0.142. The first-order chi connectivity index (χ1) is 9.06. The first-order valence-corrected chi connectivity index (χ1v) is 7.03. The zero-order valence-corrected chi connectivity index (χ0v) is 11.4. The Morgan fingerprint density at radius 1 is 1.05 bits per heavy atom. The van der Waals surface area contributed by atoms with Gasteiger partial charge in [0.05, 0.1) is 7.11 Å². The van der Waals surface area contributed by atoms with Gasteiger partial charge in [-0.2, -0.15) is 0 Å². The number of rotatable bonds is 4. The Kier molecular flexibility index (Phi) is 4.61. The van der Waals surface area contributed by atoms with Gasteiger partial charge in [-0.15, -0.1) is 0 Å². The Labute approximate surface area is 113 Å². The molecule has 0 aromatic rings. The molecule has 0 amide bonds. The SMILES string of the molecule is COC(=O)CC1CC2C=CC(C2)CC(CC(=O)O)C1. The molecule has 19 heavy (non-hydrogen) atoms. The molecule has 1 fully saturated rings. The lowest BCUT2D eigenvalue weighted by atomic mass is 9.76. The molecule has 4 atom stereocenters. The number of hydrogen-bond acceptors (Lipinski definition) is 3. The first-order valence-electron chi connectivity index (χ1n) is 7.03. The van der Waals surface area contributed by atoms with Crippen LogP contribution in [-0.4, -0.2) is 24.2 Å². The summed E-state index contributed by atoms with van der Waals surface area (Å²) < 4.78 is 4.75. The van der Waals surface area contributed by atoms with E-state index in [4.69, 9.17) is 9.84 Å². The van der Waals surface area contributed by atoms with E-state index in [2.05, 4.69) is 12.2 Å². The number of allylic oxidation sites excluding steroid dienone is 2. The summed E-state index contributed by atoms with van der Waals surface area (Å²) in [5.41, 5.74) is 0. The summed E-state index contributed by atoms with van der Waals surface area (Å²) >= 11 is 0. The minimum Gasteiger partial charge on any atom is -0.481 e. The van der Waals surface area contributed by atoms with Crippen molar-refractivity contribution in [2.24, 2.45) is 23.7 Å². The Balaban J connectivity index is 2.02. The Morgan fingerprint density at radius 2 is 1.63 bits per heavy atom. The number of carbonyl (C=O) groups excluding carboxylic acids is 1. The van der Waals surface area contributed by atoms with Crippen molar-refractivity contribution in [2.75, 3.05) is 7.11 Å². The summed E-state index contributed by atoms with van der Waals surface area (Å²) in [7, 11) is 1.41. The number of methoxy groups -OCH3 is 1. The van der Waals surface area contributed by atoms with Gasteiger partial charge >= 0.3 is 11.9 Å². The normalized spacial score (nSPS) is 33.5. The highest BCUT2D eigenvalue weighted by Crippen LogP contribution is 2.40. The van der Waals surface area contributed by atoms with Crippen molar-refractivity contribution in [3.05, 3.63) is 12.2 Å². The van der Waals surface area contributed by atoms with E-state index in [0.717, 1.165) is 25.7 Å². The molecule has 2 aliphatic carbocycles. The van der Waals surface area contributed by atoms with Crippen LogP contribution in [0.25, 0.3) is 0 Å². The zero-order chi connectivity index (χ0) is 13.8. The van der Waals surface area contributed by atoms with Gasteiger partial charge in [-0.1, -0.05) is 12.2 Å². The van der Waals surface area contributed by atoms with Crippen molar-refractivity contribution in [1.82, 2.24) is 0 Å². The molecule has 1 saturated carbocycles. The third-order valence-electron chi connectivity index (χ3n) is 4.35. The fourth-order valence-electron chi connectivity index (χ4n) is 3.63. The van der Waals surface area contributed by atoms with Gasteiger partial charge < -0.3 is 9.84 Å². The van der Waals surface area contributed by atoms with Crippen LogP contribution in [0.1, 0.15) is 38.5 Å². The predicted octanol–water partition coefficient (Wildman–Crippen LogP) is 2.63. The summed E-state index contributed by atoms with van der Waals surface area (Å²) in [4.78, 5) is 22.4. The van der Waals surface area contributed by atoms with Gasteiger partial charge in [-0.25, -0.2) is 0 Å². The number of aliphatic carboxylic acids is 1. The van der Waals surface area contributed by atoms with Crippen LogP contribution >= 0.6 is 0 Å². The van der Waals surface area contributed by atoms with Crippen LogP contribution in [0.2, 0.25) is 0 Å². The van der Waals surface area contributed by atoms with E-state index in [1.54, 1.807) is 0 Å². The molecule has 0 heterocycles. The molecule has 0 saturated heterocycles. The van der Waals surface area contributed by atoms with Gasteiger partial charge in [-0.3, -0.25) is 9.59 Å². The Hall–Kier alpha value is -1.32. The lowest BCUT2D eigenvalue weighted by Gasteiger charge is -2.28. The van der Waals surface area contributed by atoms with Gasteiger partial charge in [0.1, 0.15) is 0 Å². The van der Waals surface area contributed by atoms with Crippen LogP contribution in [0, 0.1) is 23.7 Å². The van der Waals surface area contributed by atoms with Gasteiger partial charge in [0.15, 0.2) is 0 Å². The molecule has 1 N–H and O–H groups in total. The van der Waals surface area contributed by atoms with E-state index in [9.17, 15) is 9.59 Å². The molecule has 2 bridgehead atoms. The maximum atomic E-state index is 11.5. The van der Waals surface area contributed by atoms with Crippen molar-refractivity contribution in [1.29, 1.82) is 0 Å². The molecule has 4 heteroatoms. The third-order valence-corrected chi connectivity index (χ3v) is 4.35. The van der Waals surface area contributed by atoms with E-state index >= 15 is 0 Å². The molecule has 2 rings (SSSR count). The second-order valence-corrected chi connectivity index (χ2v) is 5.96. The number of carboxylic acid groups (broad SMARTS) is 1. The van der Waals surface area contributed by atoms with Gasteiger partial charge in [0.25, 0.3) is 0 Å². The number of carbonyl (C=O) groups is 2. The van der Waals surface area contributed by atoms with Gasteiger partial charge in [0, 0.05) is 12.8 Å². The van der Waals surface area contributed by atoms with E-state index in [-0.39, 0.29) is 24.2 Å². The summed E-state index contributed by atoms with van der Waals surface area (Å²) in [5, 5.41) is 9.00. The lowest BCUT2D eigenvalue weighted by Crippen LogP contribution is -2.22. The predicted molar refractivity (Wildman–Crippen MR) is 70.5 cm³/mol. The van der Waals surface area contributed by atoms with Crippen LogP contribution in [0.5, 0.6) is 0 Å². The van der Waals surface area contributed by atoms with E-state index in [1.807, 2.05) is 0 Å². The highest BCUT2D eigenvalue weighted by Gasteiger charge is 2.31. The number of hydrogen-bond donors (Lipinski definition) is 1. The van der Waals surface area contributed by atoms with Crippen molar-refractivity contribution in [3.8, 4) is 0 Å². The van der Waals surface area contributed by atoms with Crippen molar-refractivity contribution in [2.45, 2.75) is 38.5 Å². The average Bonchev–Trinajstić information content (AvgIpc) is 2.75. The van der Waals surface area contributed by atoms with Crippen LogP contribution in [0.4, 0.5) is 0 Å². The quantitative estimate of drug-likeness (QED) is 0.627. The maximum Gasteiger partial charge on any atom is 0.305 e. The fourth-order valence-corrected chi connectivity index (χ4v) is 3.63. The number of esters is 1. The molecule has 4 unspecified atom stereocenters. The number of ether oxygens (including phenoxy) is 1. The van der Waals surface area contributed by atoms with E-state index in [0.29, 0.717) is 18.3 Å². The van der Waals surface area contributed by atoms with E-state index in [1.165, 1.54) is 7.11 Å². The average molecular weight is 266 g/mol. The van der Waals surface area contributed by atoms with Gasteiger partial charge in [0.2, 0.25) is 0 Å². The van der Waals surface area contributed by atoms with Crippen molar-refractivity contribution >= 4 is 11.9 Å². The fraction of sp³-hybridized carbons (Fsp3) is 0.733. The molecule has 4 nitrogen and oxygen atoms in total. The first kappa shape index (κ1) is 14.1. The van der Waals surface area contributed by atoms with Crippen LogP contribution in [0.3, 0.4) is 0 Å². The van der Waals surface area contributed by atoms with E-state index < -0.39 is 5.97 Å². The molecular weight excluding hydrogens is 244 g/mol. The topological polar surface area (TPSA) is 63.6 Å². The van der Waals surface area contributed by atoms with Gasteiger partial charge in [-0.05, 0) is 49.4 Å².